The van der Waals surface area contributed by atoms with E-state index in [1.807, 2.05) is 23.6 Å². The van der Waals surface area contributed by atoms with Crippen molar-refractivity contribution in [2.24, 2.45) is 0 Å². The summed E-state index contributed by atoms with van der Waals surface area (Å²) in [4.78, 5) is 4.92. The van der Waals surface area contributed by atoms with Gasteiger partial charge in [-0.05, 0) is 47.3 Å². The number of halogens is 3. The molecule has 28 heavy (non-hydrogen) atoms. The number of aliphatic hydroxyl groups excluding tert-OH is 1. The minimum Gasteiger partial charge on any atom is -0.384 e. The number of hydrogen-bond acceptors (Lipinski definition) is 3. The van der Waals surface area contributed by atoms with Gasteiger partial charge in [-0.3, -0.25) is 4.98 Å². The summed E-state index contributed by atoms with van der Waals surface area (Å²) < 4.78 is 14.7. The largest absolute Gasteiger partial charge is 0.384 e. The highest BCUT2D eigenvalue weighted by atomic mass is 35.5. The van der Waals surface area contributed by atoms with Gasteiger partial charge in [0.1, 0.15) is 11.9 Å². The van der Waals surface area contributed by atoms with Crippen LogP contribution in [0.25, 0.3) is 21.6 Å². The molecule has 1 atom stereocenters. The molecule has 0 fully saturated rings. The Balaban J connectivity index is 1.94. The molecule has 2 aromatic heterocycles. The molecule has 6 heteroatoms. The highest BCUT2D eigenvalue weighted by molar-refractivity contribution is 7.14. The average Bonchev–Trinajstić information content (AvgIpc) is 3.13. The van der Waals surface area contributed by atoms with Gasteiger partial charge in [0.2, 0.25) is 0 Å². The molecule has 2 nitrogen and oxygen atoms in total. The SMILES string of the molecule is OC(c1cccnc1)c1c(-c2ccc(Cl)cc2F)csc1-c1cccc(Cl)c1. The van der Waals surface area contributed by atoms with Gasteiger partial charge in [-0.2, -0.15) is 0 Å². The minimum atomic E-state index is -0.973. The zero-order valence-corrected chi connectivity index (χ0v) is 16.8. The zero-order chi connectivity index (χ0) is 19.7. The standard InChI is InChI=1S/C22H14Cl2FNOS/c23-15-5-1-3-13(9-15)22-20(21(27)14-4-2-8-26-11-14)18(12-28-22)17-7-6-16(24)10-19(17)25/h1-12,21,27H. The number of nitrogens with zero attached hydrogens (tertiary/aromatic N) is 1. The summed E-state index contributed by atoms with van der Waals surface area (Å²) in [7, 11) is 0. The first-order valence-electron chi connectivity index (χ1n) is 8.45. The van der Waals surface area contributed by atoms with Crippen LogP contribution in [-0.4, -0.2) is 10.1 Å². The van der Waals surface area contributed by atoms with Gasteiger partial charge in [-0.1, -0.05) is 41.4 Å². The van der Waals surface area contributed by atoms with Crippen molar-refractivity contribution < 1.29 is 9.50 Å². The molecule has 0 saturated carbocycles. The summed E-state index contributed by atoms with van der Waals surface area (Å²) in [6.45, 7) is 0. The normalized spacial score (nSPS) is 12.1. The molecule has 0 aliphatic carbocycles. The first-order valence-corrected chi connectivity index (χ1v) is 10.1. The van der Waals surface area contributed by atoms with Crippen LogP contribution in [0.5, 0.6) is 0 Å². The molecule has 4 aromatic rings. The van der Waals surface area contributed by atoms with Gasteiger partial charge in [0, 0.05) is 49.6 Å². The van der Waals surface area contributed by atoms with Gasteiger partial charge < -0.3 is 5.11 Å². The van der Waals surface area contributed by atoms with Crippen molar-refractivity contribution in [3.05, 3.63) is 99.4 Å². The molecule has 0 radical (unpaired) electrons. The van der Waals surface area contributed by atoms with E-state index in [1.54, 1.807) is 42.7 Å². The van der Waals surface area contributed by atoms with Gasteiger partial charge in [0.25, 0.3) is 0 Å². The molecule has 0 aliphatic heterocycles. The minimum absolute atomic E-state index is 0.320. The fourth-order valence-corrected chi connectivity index (χ4v) is 4.56. The van der Waals surface area contributed by atoms with Crippen molar-refractivity contribution >= 4 is 34.5 Å². The third-order valence-electron chi connectivity index (χ3n) is 4.41. The smallest absolute Gasteiger partial charge is 0.132 e. The maximum atomic E-state index is 14.7. The van der Waals surface area contributed by atoms with Crippen molar-refractivity contribution in [2.75, 3.05) is 0 Å². The van der Waals surface area contributed by atoms with E-state index in [0.29, 0.717) is 32.3 Å². The van der Waals surface area contributed by atoms with Crippen molar-refractivity contribution in [3.63, 3.8) is 0 Å². The van der Waals surface area contributed by atoms with Crippen molar-refractivity contribution in [1.82, 2.24) is 4.98 Å². The first kappa shape index (κ1) is 19.1. The number of thiophene rings is 1. The molecule has 0 spiro atoms. The van der Waals surface area contributed by atoms with Crippen LogP contribution in [0.3, 0.4) is 0 Å². The van der Waals surface area contributed by atoms with Crippen molar-refractivity contribution in [3.8, 4) is 21.6 Å². The van der Waals surface area contributed by atoms with E-state index in [9.17, 15) is 9.50 Å². The quantitative estimate of drug-likeness (QED) is 0.378. The first-order chi connectivity index (χ1) is 13.5. The number of aromatic nitrogens is 1. The molecule has 1 N–H and O–H groups in total. The van der Waals surface area contributed by atoms with Gasteiger partial charge >= 0.3 is 0 Å². The van der Waals surface area contributed by atoms with E-state index >= 15 is 0 Å². The van der Waals surface area contributed by atoms with Gasteiger partial charge in [-0.15, -0.1) is 11.3 Å². The van der Waals surface area contributed by atoms with Crippen LogP contribution in [-0.2, 0) is 0 Å². The second-order valence-corrected chi connectivity index (χ2v) is 7.97. The number of hydrogen-bond donors (Lipinski definition) is 1. The van der Waals surface area contributed by atoms with E-state index in [4.69, 9.17) is 23.2 Å². The molecule has 2 aromatic carbocycles. The Morgan fingerprint density at radius 2 is 1.79 bits per heavy atom. The lowest BCUT2D eigenvalue weighted by Gasteiger charge is -2.16. The van der Waals surface area contributed by atoms with Gasteiger partial charge in [-0.25, -0.2) is 4.39 Å². The number of benzene rings is 2. The van der Waals surface area contributed by atoms with Crippen LogP contribution >= 0.6 is 34.5 Å². The molecule has 0 saturated heterocycles. The number of rotatable bonds is 4. The maximum Gasteiger partial charge on any atom is 0.132 e. The molecule has 1 unspecified atom stereocenters. The van der Waals surface area contributed by atoms with Gasteiger partial charge in [0.15, 0.2) is 0 Å². The molecule has 4 rings (SSSR count). The monoisotopic (exact) mass is 429 g/mol. The Morgan fingerprint density at radius 1 is 0.964 bits per heavy atom. The Labute approximate surface area is 175 Å². The van der Waals surface area contributed by atoms with E-state index in [0.717, 1.165) is 10.4 Å². The molecule has 0 bridgehead atoms. The van der Waals surface area contributed by atoms with Crippen LogP contribution in [0.4, 0.5) is 4.39 Å². The lowest BCUT2D eigenvalue weighted by atomic mass is 9.93. The summed E-state index contributed by atoms with van der Waals surface area (Å²) in [5.41, 5.74) is 3.09. The molecule has 0 aliphatic rings. The predicted octanol–water partition coefficient (Wildman–Crippen LogP) is 7.00. The summed E-state index contributed by atoms with van der Waals surface area (Å²) in [5.74, 6) is -0.442. The predicted molar refractivity (Wildman–Crippen MR) is 113 cm³/mol. The second kappa shape index (κ2) is 8.02. The van der Waals surface area contributed by atoms with E-state index in [-0.39, 0.29) is 0 Å². The molecular formula is C22H14Cl2FNOS. The Bertz CT molecular complexity index is 1130. The Hall–Kier alpha value is -2.24. The summed E-state index contributed by atoms with van der Waals surface area (Å²) >= 11 is 13.5. The Morgan fingerprint density at radius 3 is 2.50 bits per heavy atom. The van der Waals surface area contributed by atoms with Crippen LogP contribution in [0.1, 0.15) is 17.2 Å². The topological polar surface area (TPSA) is 33.1 Å². The van der Waals surface area contributed by atoms with E-state index in [2.05, 4.69) is 4.98 Å². The van der Waals surface area contributed by atoms with Crippen molar-refractivity contribution in [1.29, 1.82) is 0 Å². The molecular weight excluding hydrogens is 416 g/mol. The highest BCUT2D eigenvalue weighted by Crippen LogP contribution is 2.44. The zero-order valence-electron chi connectivity index (χ0n) is 14.4. The van der Waals surface area contributed by atoms with E-state index < -0.39 is 11.9 Å². The third kappa shape index (κ3) is 3.69. The molecule has 0 amide bonds. The van der Waals surface area contributed by atoms with Crippen LogP contribution in [0, 0.1) is 5.82 Å². The average molecular weight is 430 g/mol. The fraction of sp³-hybridized carbons (Fsp3) is 0.0455. The molecule has 140 valence electrons. The molecule has 2 heterocycles. The number of pyridine rings is 1. The summed E-state index contributed by atoms with van der Waals surface area (Å²) in [6.07, 6.45) is 2.27. The lowest BCUT2D eigenvalue weighted by molar-refractivity contribution is 0.221. The number of aliphatic hydroxyl groups is 1. The summed E-state index contributed by atoms with van der Waals surface area (Å²) in [6, 6.07) is 15.5. The van der Waals surface area contributed by atoms with Crippen LogP contribution < -0.4 is 0 Å². The van der Waals surface area contributed by atoms with Crippen molar-refractivity contribution in [2.45, 2.75) is 6.10 Å². The highest BCUT2D eigenvalue weighted by Gasteiger charge is 2.24. The fourth-order valence-electron chi connectivity index (χ4n) is 3.11. The van der Waals surface area contributed by atoms with Gasteiger partial charge in [0.05, 0.1) is 0 Å². The Kier molecular flexibility index (Phi) is 5.47. The van der Waals surface area contributed by atoms with E-state index in [1.165, 1.54) is 17.4 Å². The van der Waals surface area contributed by atoms with Crippen LogP contribution in [0.15, 0.2) is 72.4 Å². The lowest BCUT2D eigenvalue weighted by Crippen LogP contribution is -2.02. The third-order valence-corrected chi connectivity index (χ3v) is 5.93. The maximum absolute atomic E-state index is 14.7. The summed E-state index contributed by atoms with van der Waals surface area (Å²) in [5, 5.41) is 13.9. The second-order valence-electron chi connectivity index (χ2n) is 6.22. The van der Waals surface area contributed by atoms with Crippen LogP contribution in [0.2, 0.25) is 10.0 Å².